The number of thiazole rings is 1. The first kappa shape index (κ1) is 16.0. The van der Waals surface area contributed by atoms with Gasteiger partial charge in [-0.25, -0.2) is 9.78 Å². The van der Waals surface area contributed by atoms with Crippen LogP contribution in [0.5, 0.6) is 0 Å². The first-order valence-corrected chi connectivity index (χ1v) is 8.26. The molecule has 0 unspecified atom stereocenters. The van der Waals surface area contributed by atoms with Crippen LogP contribution in [0.3, 0.4) is 0 Å². The summed E-state index contributed by atoms with van der Waals surface area (Å²) in [6.07, 6.45) is 2.43. The third-order valence-electron chi connectivity index (χ3n) is 3.67. The molecule has 1 aliphatic rings. The Labute approximate surface area is 138 Å². The molecule has 3 rings (SSSR count). The van der Waals surface area contributed by atoms with Crippen LogP contribution in [0.25, 0.3) is 0 Å². The van der Waals surface area contributed by atoms with Gasteiger partial charge in [0, 0.05) is 13.0 Å². The number of likely N-dealkylation sites (N-methyl/N-ethyl adjacent to an activating group) is 1. The fourth-order valence-electron chi connectivity index (χ4n) is 2.43. The van der Waals surface area contributed by atoms with Crippen molar-refractivity contribution in [3.8, 4) is 0 Å². The van der Waals surface area contributed by atoms with Gasteiger partial charge in [0.15, 0.2) is 5.13 Å². The number of hydrogen-bond donors (Lipinski definition) is 2. The van der Waals surface area contributed by atoms with Crippen LogP contribution in [0.15, 0.2) is 22.8 Å². The molecule has 0 spiro atoms. The van der Waals surface area contributed by atoms with Crippen LogP contribution in [-0.2, 0) is 17.8 Å². The second-order valence-electron chi connectivity index (χ2n) is 5.52. The van der Waals surface area contributed by atoms with Crippen LogP contribution < -0.4 is 10.6 Å². The second-order valence-corrected chi connectivity index (χ2v) is 6.60. The summed E-state index contributed by atoms with van der Waals surface area (Å²) in [4.78, 5) is 19.6. The zero-order valence-electron chi connectivity index (χ0n) is 13.2. The van der Waals surface area contributed by atoms with Gasteiger partial charge in [-0.3, -0.25) is 10.2 Å². The Kier molecular flexibility index (Phi) is 4.94. The van der Waals surface area contributed by atoms with Gasteiger partial charge in [0.25, 0.3) is 0 Å². The normalized spacial score (nSPS) is 15.3. The van der Waals surface area contributed by atoms with Gasteiger partial charge in [-0.2, -0.15) is 0 Å². The molecule has 0 saturated carbocycles. The summed E-state index contributed by atoms with van der Waals surface area (Å²) in [7, 11) is 3.89. The summed E-state index contributed by atoms with van der Waals surface area (Å²) in [6.45, 7) is 1.72. The fourth-order valence-corrected chi connectivity index (χ4v) is 3.37. The molecule has 7 nitrogen and oxygen atoms in total. The Morgan fingerprint density at radius 3 is 3.09 bits per heavy atom. The highest BCUT2D eigenvalue weighted by Gasteiger charge is 2.19. The van der Waals surface area contributed by atoms with Crippen molar-refractivity contribution in [1.29, 1.82) is 0 Å². The van der Waals surface area contributed by atoms with Crippen molar-refractivity contribution in [3.63, 3.8) is 0 Å². The van der Waals surface area contributed by atoms with Crippen LogP contribution in [0.1, 0.15) is 22.4 Å². The number of ether oxygens (including phenoxy) is 1. The number of aromatic nitrogens is 1. The van der Waals surface area contributed by atoms with E-state index >= 15 is 0 Å². The number of anilines is 1. The monoisotopic (exact) mass is 336 g/mol. The molecule has 0 fully saturated rings. The Balaban J connectivity index is 1.55. The van der Waals surface area contributed by atoms with Crippen LogP contribution in [0, 0.1) is 0 Å². The Morgan fingerprint density at radius 2 is 2.39 bits per heavy atom. The van der Waals surface area contributed by atoms with Crippen molar-refractivity contribution >= 4 is 22.5 Å². The molecule has 2 aromatic heterocycles. The summed E-state index contributed by atoms with van der Waals surface area (Å²) in [5.74, 6) is 0.817. The lowest BCUT2D eigenvalue weighted by atomic mass is 10.2. The topological polar surface area (TPSA) is 79.6 Å². The van der Waals surface area contributed by atoms with E-state index in [-0.39, 0.29) is 12.1 Å². The van der Waals surface area contributed by atoms with Crippen molar-refractivity contribution in [2.75, 3.05) is 32.6 Å². The van der Waals surface area contributed by atoms with Crippen molar-refractivity contribution in [2.24, 2.45) is 0 Å². The SMILES string of the molecule is CN(C)[C@@H](CNC(=O)Nc1nc2c(s1)COCC2)c1ccco1. The molecule has 2 N–H and O–H groups in total. The first-order valence-electron chi connectivity index (χ1n) is 7.44. The molecular formula is C15H20N4O3S. The molecule has 0 aliphatic carbocycles. The van der Waals surface area contributed by atoms with E-state index in [0.717, 1.165) is 22.8 Å². The first-order chi connectivity index (χ1) is 11.1. The molecule has 1 aliphatic heterocycles. The maximum Gasteiger partial charge on any atom is 0.321 e. The van der Waals surface area contributed by atoms with E-state index in [0.29, 0.717) is 24.9 Å². The van der Waals surface area contributed by atoms with Gasteiger partial charge in [-0.15, -0.1) is 0 Å². The third kappa shape index (κ3) is 3.90. The zero-order valence-corrected chi connectivity index (χ0v) is 14.0. The zero-order chi connectivity index (χ0) is 16.2. The van der Waals surface area contributed by atoms with Crippen LogP contribution in [-0.4, -0.2) is 43.2 Å². The lowest BCUT2D eigenvalue weighted by molar-refractivity contribution is 0.112. The molecular weight excluding hydrogens is 316 g/mol. The number of amides is 2. The Bertz CT molecular complexity index is 630. The van der Waals surface area contributed by atoms with Crippen molar-refractivity contribution in [3.05, 3.63) is 34.7 Å². The molecule has 2 amide bonds. The molecule has 2 aromatic rings. The van der Waals surface area contributed by atoms with E-state index in [9.17, 15) is 4.79 Å². The predicted molar refractivity (Wildman–Crippen MR) is 87.6 cm³/mol. The molecule has 0 radical (unpaired) electrons. The summed E-state index contributed by atoms with van der Waals surface area (Å²) >= 11 is 1.46. The number of nitrogens with zero attached hydrogens (tertiary/aromatic N) is 2. The smallest absolute Gasteiger partial charge is 0.321 e. The molecule has 23 heavy (non-hydrogen) atoms. The average molecular weight is 336 g/mol. The number of carbonyl (C=O) groups excluding carboxylic acids is 1. The number of hydrogen-bond acceptors (Lipinski definition) is 6. The van der Waals surface area contributed by atoms with E-state index in [1.807, 2.05) is 31.1 Å². The summed E-state index contributed by atoms with van der Waals surface area (Å²) in [5.41, 5.74) is 1.03. The quantitative estimate of drug-likeness (QED) is 0.875. The second kappa shape index (κ2) is 7.12. The van der Waals surface area contributed by atoms with Gasteiger partial charge in [0.05, 0.1) is 36.1 Å². The lowest BCUT2D eigenvalue weighted by Gasteiger charge is -2.22. The molecule has 1 atom stereocenters. The van der Waals surface area contributed by atoms with Crippen molar-refractivity contribution < 1.29 is 13.9 Å². The predicted octanol–water partition coefficient (Wildman–Crippen LogP) is 2.23. The Hall–Kier alpha value is -1.90. The van der Waals surface area contributed by atoms with Gasteiger partial charge in [-0.1, -0.05) is 11.3 Å². The van der Waals surface area contributed by atoms with Gasteiger partial charge in [-0.05, 0) is 26.2 Å². The number of fused-ring (bicyclic) bond motifs is 1. The minimum atomic E-state index is -0.268. The number of carbonyl (C=O) groups is 1. The van der Waals surface area contributed by atoms with Gasteiger partial charge in [0.2, 0.25) is 0 Å². The molecule has 3 heterocycles. The molecule has 0 aromatic carbocycles. The van der Waals surface area contributed by atoms with E-state index in [1.165, 1.54) is 11.3 Å². The van der Waals surface area contributed by atoms with E-state index in [2.05, 4.69) is 15.6 Å². The summed E-state index contributed by atoms with van der Waals surface area (Å²) in [5, 5.41) is 6.27. The van der Waals surface area contributed by atoms with E-state index in [1.54, 1.807) is 6.26 Å². The molecule has 8 heteroatoms. The van der Waals surface area contributed by atoms with Gasteiger partial charge in [0.1, 0.15) is 5.76 Å². The maximum absolute atomic E-state index is 12.1. The van der Waals surface area contributed by atoms with Crippen molar-refractivity contribution in [1.82, 2.24) is 15.2 Å². The highest BCUT2D eigenvalue weighted by Crippen LogP contribution is 2.27. The maximum atomic E-state index is 12.1. The number of urea groups is 1. The van der Waals surface area contributed by atoms with Gasteiger partial charge >= 0.3 is 6.03 Å². The largest absolute Gasteiger partial charge is 0.468 e. The fraction of sp³-hybridized carbons (Fsp3) is 0.467. The van der Waals surface area contributed by atoms with Crippen LogP contribution >= 0.6 is 11.3 Å². The standard InChI is InChI=1S/C15H20N4O3S/c1-19(2)11(12-4-3-6-22-12)8-16-14(20)18-15-17-10-5-7-21-9-13(10)23-15/h3-4,6,11H,5,7-9H2,1-2H3,(H2,16,17,18,20)/t11-/m0/s1. The highest BCUT2D eigenvalue weighted by atomic mass is 32.1. The number of nitrogens with one attached hydrogen (secondary N) is 2. The minimum Gasteiger partial charge on any atom is -0.468 e. The molecule has 124 valence electrons. The van der Waals surface area contributed by atoms with Crippen molar-refractivity contribution in [2.45, 2.75) is 19.1 Å². The highest BCUT2D eigenvalue weighted by molar-refractivity contribution is 7.15. The van der Waals surface area contributed by atoms with Crippen LogP contribution in [0.4, 0.5) is 9.93 Å². The summed E-state index contributed by atoms with van der Waals surface area (Å²) in [6, 6.07) is 3.46. The average Bonchev–Trinajstić information content (AvgIpc) is 3.15. The molecule has 0 saturated heterocycles. The number of furan rings is 1. The van der Waals surface area contributed by atoms with Crippen LogP contribution in [0.2, 0.25) is 0 Å². The van der Waals surface area contributed by atoms with E-state index < -0.39 is 0 Å². The third-order valence-corrected chi connectivity index (χ3v) is 4.65. The summed E-state index contributed by atoms with van der Waals surface area (Å²) < 4.78 is 10.8. The van der Waals surface area contributed by atoms with E-state index in [4.69, 9.17) is 9.15 Å². The van der Waals surface area contributed by atoms with Gasteiger partial charge < -0.3 is 14.5 Å². The Morgan fingerprint density at radius 1 is 1.52 bits per heavy atom. The molecule has 0 bridgehead atoms. The minimum absolute atomic E-state index is 0.0198. The number of rotatable bonds is 5. The lowest BCUT2D eigenvalue weighted by Crippen LogP contribution is -2.36.